The molecule has 0 heterocycles. The summed E-state index contributed by atoms with van der Waals surface area (Å²) in [6.07, 6.45) is 0. The Hall–Kier alpha value is -1.91. The van der Waals surface area contributed by atoms with Crippen LogP contribution >= 0.6 is 12.4 Å². The maximum absolute atomic E-state index is 5.51. The van der Waals surface area contributed by atoms with Gasteiger partial charge in [-0.3, -0.25) is 0 Å². The molecule has 0 fully saturated rings. The van der Waals surface area contributed by atoms with Gasteiger partial charge in [0.2, 0.25) is 0 Å². The number of benzene rings is 2. The van der Waals surface area contributed by atoms with Gasteiger partial charge in [0.05, 0.1) is 21.3 Å². The van der Waals surface area contributed by atoms with Gasteiger partial charge < -0.3 is 19.5 Å². The lowest BCUT2D eigenvalue weighted by atomic mass is 9.96. The molecule has 0 amide bonds. The lowest BCUT2D eigenvalue weighted by Gasteiger charge is -2.24. The summed E-state index contributed by atoms with van der Waals surface area (Å²) in [5, 5.41) is 3.64. The third-order valence-electron chi connectivity index (χ3n) is 4.12. The lowest BCUT2D eigenvalue weighted by Crippen LogP contribution is -2.25. The summed E-state index contributed by atoms with van der Waals surface area (Å²) in [6, 6.07) is 14.6. The zero-order valence-electron chi connectivity index (χ0n) is 15.5. The molecule has 2 aromatic carbocycles. The van der Waals surface area contributed by atoms with Gasteiger partial charge in [0.15, 0.2) is 11.5 Å². The van der Waals surface area contributed by atoms with Crippen LogP contribution in [0, 0.1) is 5.92 Å². The van der Waals surface area contributed by atoms with E-state index < -0.39 is 0 Å². The molecular weight excluding hydrogens is 338 g/mol. The van der Waals surface area contributed by atoms with Crippen molar-refractivity contribution >= 4 is 12.4 Å². The summed E-state index contributed by atoms with van der Waals surface area (Å²) in [5.74, 6) is 2.63. The minimum absolute atomic E-state index is 0. The minimum atomic E-state index is 0. The number of halogens is 1. The van der Waals surface area contributed by atoms with Crippen LogP contribution < -0.4 is 19.5 Å². The molecule has 138 valence electrons. The molecule has 0 aliphatic heterocycles. The zero-order chi connectivity index (χ0) is 17.5. The fraction of sp³-hybridized carbons (Fsp3) is 0.400. The number of hydrogen-bond acceptors (Lipinski definition) is 4. The SMILES string of the molecule is COc1cc(OC)c(OC)cc1CNC(c1ccccc1)C(C)C.Cl. The van der Waals surface area contributed by atoms with Crippen LogP contribution in [0.15, 0.2) is 42.5 Å². The molecule has 1 N–H and O–H groups in total. The van der Waals surface area contributed by atoms with Crippen molar-refractivity contribution in [1.82, 2.24) is 5.32 Å². The van der Waals surface area contributed by atoms with Gasteiger partial charge >= 0.3 is 0 Å². The van der Waals surface area contributed by atoms with Crippen molar-refractivity contribution in [3.8, 4) is 17.2 Å². The zero-order valence-corrected chi connectivity index (χ0v) is 16.4. The van der Waals surface area contributed by atoms with Crippen LogP contribution in [0.1, 0.15) is 31.0 Å². The molecule has 2 aromatic rings. The smallest absolute Gasteiger partial charge is 0.164 e. The second-order valence-corrected chi connectivity index (χ2v) is 6.03. The predicted octanol–water partition coefficient (Wildman–Crippen LogP) is 4.62. The maximum Gasteiger partial charge on any atom is 0.164 e. The Kier molecular flexibility index (Phi) is 8.59. The van der Waals surface area contributed by atoms with Gasteiger partial charge in [0, 0.05) is 24.2 Å². The number of rotatable bonds is 8. The van der Waals surface area contributed by atoms with Crippen molar-refractivity contribution in [2.45, 2.75) is 26.4 Å². The van der Waals surface area contributed by atoms with E-state index >= 15 is 0 Å². The minimum Gasteiger partial charge on any atom is -0.496 e. The van der Waals surface area contributed by atoms with Gasteiger partial charge in [-0.05, 0) is 17.5 Å². The van der Waals surface area contributed by atoms with Crippen molar-refractivity contribution in [2.75, 3.05) is 21.3 Å². The molecule has 0 saturated heterocycles. The van der Waals surface area contributed by atoms with Gasteiger partial charge in [-0.15, -0.1) is 12.4 Å². The summed E-state index contributed by atoms with van der Waals surface area (Å²) in [6.45, 7) is 5.12. The quantitative estimate of drug-likeness (QED) is 0.740. The fourth-order valence-electron chi connectivity index (χ4n) is 2.85. The Morgan fingerprint density at radius 3 is 1.92 bits per heavy atom. The first-order valence-electron chi connectivity index (χ1n) is 8.17. The van der Waals surface area contributed by atoms with Gasteiger partial charge in [0.1, 0.15) is 5.75 Å². The van der Waals surface area contributed by atoms with Crippen molar-refractivity contribution in [3.05, 3.63) is 53.6 Å². The van der Waals surface area contributed by atoms with Crippen LogP contribution in [0.4, 0.5) is 0 Å². The lowest BCUT2D eigenvalue weighted by molar-refractivity contribution is 0.345. The average molecular weight is 366 g/mol. The van der Waals surface area contributed by atoms with Gasteiger partial charge in [-0.2, -0.15) is 0 Å². The van der Waals surface area contributed by atoms with Crippen LogP contribution in [-0.2, 0) is 6.54 Å². The van der Waals surface area contributed by atoms with E-state index in [0.29, 0.717) is 24.0 Å². The molecule has 0 spiro atoms. The second kappa shape index (κ2) is 10.2. The third kappa shape index (κ3) is 5.28. The largest absolute Gasteiger partial charge is 0.496 e. The molecule has 4 nitrogen and oxygen atoms in total. The Morgan fingerprint density at radius 2 is 1.40 bits per heavy atom. The molecule has 0 aliphatic carbocycles. The molecule has 1 atom stereocenters. The summed E-state index contributed by atoms with van der Waals surface area (Å²) in [4.78, 5) is 0. The molecule has 25 heavy (non-hydrogen) atoms. The maximum atomic E-state index is 5.51. The van der Waals surface area contributed by atoms with E-state index in [4.69, 9.17) is 14.2 Å². The number of methoxy groups -OCH3 is 3. The van der Waals surface area contributed by atoms with Crippen molar-refractivity contribution in [1.29, 1.82) is 0 Å². The van der Waals surface area contributed by atoms with Gasteiger partial charge in [-0.25, -0.2) is 0 Å². The van der Waals surface area contributed by atoms with E-state index in [9.17, 15) is 0 Å². The monoisotopic (exact) mass is 365 g/mol. The highest BCUT2D eigenvalue weighted by Crippen LogP contribution is 2.35. The summed E-state index contributed by atoms with van der Waals surface area (Å²) < 4.78 is 16.3. The highest BCUT2D eigenvalue weighted by Gasteiger charge is 2.17. The van der Waals surface area contributed by atoms with Crippen LogP contribution in [0.25, 0.3) is 0 Å². The standard InChI is InChI=1S/C20H27NO3.ClH/c1-14(2)20(15-9-7-6-8-10-15)21-13-16-11-18(23-4)19(24-5)12-17(16)22-3;/h6-12,14,20-21H,13H2,1-5H3;1H. The normalized spacial score (nSPS) is 11.6. The Morgan fingerprint density at radius 1 is 0.840 bits per heavy atom. The number of nitrogens with one attached hydrogen (secondary N) is 1. The molecule has 1 unspecified atom stereocenters. The first-order chi connectivity index (χ1) is 11.6. The summed E-state index contributed by atoms with van der Waals surface area (Å²) >= 11 is 0. The first-order valence-corrected chi connectivity index (χ1v) is 8.17. The molecular formula is C20H28ClNO3. The van der Waals surface area contributed by atoms with E-state index in [1.54, 1.807) is 21.3 Å². The van der Waals surface area contributed by atoms with Crippen LogP contribution in [0.3, 0.4) is 0 Å². The molecule has 0 aromatic heterocycles. The van der Waals surface area contributed by atoms with E-state index in [2.05, 4.69) is 43.4 Å². The van der Waals surface area contributed by atoms with Crippen molar-refractivity contribution in [2.24, 2.45) is 5.92 Å². The molecule has 0 aliphatic rings. The summed E-state index contributed by atoms with van der Waals surface area (Å²) in [5.41, 5.74) is 2.32. The highest BCUT2D eigenvalue weighted by atomic mass is 35.5. The summed E-state index contributed by atoms with van der Waals surface area (Å²) in [7, 11) is 4.93. The first kappa shape index (κ1) is 21.1. The second-order valence-electron chi connectivity index (χ2n) is 6.03. The molecule has 0 bridgehead atoms. The predicted molar refractivity (Wildman–Crippen MR) is 104 cm³/mol. The number of ether oxygens (including phenoxy) is 3. The van der Waals surface area contributed by atoms with Crippen LogP contribution in [-0.4, -0.2) is 21.3 Å². The molecule has 2 rings (SSSR count). The van der Waals surface area contributed by atoms with E-state index in [0.717, 1.165) is 11.3 Å². The number of hydrogen-bond donors (Lipinski definition) is 1. The Balaban J connectivity index is 0.00000312. The topological polar surface area (TPSA) is 39.7 Å². The third-order valence-corrected chi connectivity index (χ3v) is 4.12. The Bertz CT molecular complexity index is 647. The molecule has 5 heteroatoms. The van der Waals surface area contributed by atoms with Gasteiger partial charge in [-0.1, -0.05) is 44.2 Å². The van der Waals surface area contributed by atoms with Crippen molar-refractivity contribution in [3.63, 3.8) is 0 Å². The fourth-order valence-corrected chi connectivity index (χ4v) is 2.85. The Labute approximate surface area is 156 Å². The van der Waals surface area contributed by atoms with E-state index in [-0.39, 0.29) is 18.4 Å². The molecule has 0 radical (unpaired) electrons. The van der Waals surface area contributed by atoms with E-state index in [1.807, 2.05) is 18.2 Å². The highest BCUT2D eigenvalue weighted by molar-refractivity contribution is 5.85. The van der Waals surface area contributed by atoms with Gasteiger partial charge in [0.25, 0.3) is 0 Å². The molecule has 0 saturated carbocycles. The van der Waals surface area contributed by atoms with Crippen LogP contribution in [0.5, 0.6) is 17.2 Å². The van der Waals surface area contributed by atoms with Crippen molar-refractivity contribution < 1.29 is 14.2 Å². The average Bonchev–Trinajstić information content (AvgIpc) is 2.61. The van der Waals surface area contributed by atoms with Crippen LogP contribution in [0.2, 0.25) is 0 Å². The van der Waals surface area contributed by atoms with E-state index in [1.165, 1.54) is 5.56 Å².